The summed E-state index contributed by atoms with van der Waals surface area (Å²) in [6, 6.07) is 3.41. The van der Waals surface area contributed by atoms with Crippen molar-refractivity contribution < 1.29 is 33.0 Å². The van der Waals surface area contributed by atoms with Crippen LogP contribution < -0.4 is 14.8 Å². The molecule has 3 heterocycles. The number of ketones is 1. The number of benzene rings is 1. The summed E-state index contributed by atoms with van der Waals surface area (Å²) < 4.78 is 32.8. The molecule has 46 heavy (non-hydrogen) atoms. The van der Waals surface area contributed by atoms with E-state index in [0.29, 0.717) is 46.7 Å². The summed E-state index contributed by atoms with van der Waals surface area (Å²) >= 11 is 0. The Morgan fingerprint density at radius 1 is 1.07 bits per heavy atom. The van der Waals surface area contributed by atoms with Crippen molar-refractivity contribution in [1.29, 1.82) is 0 Å². The Labute approximate surface area is 270 Å². The highest BCUT2D eigenvalue weighted by Crippen LogP contribution is 2.51. The Balaban J connectivity index is 1.38. The molecule has 1 aromatic heterocycles. The number of amides is 2. The maximum absolute atomic E-state index is 14.8. The number of halogens is 1. The maximum Gasteiger partial charge on any atom is 0.408 e. The average Bonchev–Trinajstić information content (AvgIpc) is 3.72. The predicted octanol–water partition coefficient (Wildman–Crippen LogP) is 5.44. The molecular formula is C35H47FN4O6. The van der Waals surface area contributed by atoms with Gasteiger partial charge in [0, 0.05) is 6.07 Å². The lowest BCUT2D eigenvalue weighted by molar-refractivity contribution is -0.141. The fourth-order valence-electron chi connectivity index (χ4n) is 8.40. The lowest BCUT2D eigenvalue weighted by Crippen LogP contribution is -2.57. The number of ether oxygens (including phenoxy) is 3. The van der Waals surface area contributed by atoms with Gasteiger partial charge in [0.15, 0.2) is 5.78 Å². The number of alkyl carbamates (subject to hydrolysis) is 1. The van der Waals surface area contributed by atoms with Crippen LogP contribution >= 0.6 is 0 Å². The molecule has 0 unspecified atom stereocenters. The van der Waals surface area contributed by atoms with E-state index in [2.05, 4.69) is 5.32 Å². The second-order valence-electron chi connectivity index (χ2n) is 14.8. The number of aryl methyl sites for hydroxylation is 1. The number of carbonyl (C=O) groups excluding carboxylic acids is 3. The van der Waals surface area contributed by atoms with Gasteiger partial charge in [0.25, 0.3) is 0 Å². The molecular weight excluding hydrogens is 591 g/mol. The number of hydrogen-bond donors (Lipinski definition) is 1. The molecule has 11 heteroatoms. The molecule has 250 valence electrons. The number of hydrogen-bond acceptors (Lipinski definition) is 8. The van der Waals surface area contributed by atoms with Crippen LogP contribution in [0.5, 0.6) is 11.6 Å². The third-order valence-corrected chi connectivity index (χ3v) is 10.7. The third-order valence-electron chi connectivity index (χ3n) is 10.7. The fourth-order valence-corrected chi connectivity index (χ4v) is 8.40. The van der Waals surface area contributed by atoms with E-state index < -0.39 is 48.2 Å². The summed E-state index contributed by atoms with van der Waals surface area (Å²) in [5.41, 5.74) is 1.22. The van der Waals surface area contributed by atoms with Gasteiger partial charge in [-0.1, -0.05) is 33.6 Å². The van der Waals surface area contributed by atoms with E-state index in [4.69, 9.17) is 24.2 Å². The first kappa shape index (κ1) is 32.4. The van der Waals surface area contributed by atoms with Crippen molar-refractivity contribution in [3.63, 3.8) is 0 Å². The Kier molecular flexibility index (Phi) is 9.13. The van der Waals surface area contributed by atoms with Crippen LogP contribution in [0.15, 0.2) is 18.2 Å². The molecule has 2 aliphatic carbocycles. The maximum atomic E-state index is 14.8. The SMILES string of the molecule is COc1ccc2nc3c(nc2c1)O[C@H]1CN(C(=O)[C@H](C(C)(C)C)NC(=O)O[C@@H]2[C@H]4CC[C@H](C4)[C@H]2CCCCC3)[C@H](C(C)=O)[C@@H]1CF. The average molecular weight is 639 g/mol. The van der Waals surface area contributed by atoms with Crippen LogP contribution in [0.2, 0.25) is 0 Å². The van der Waals surface area contributed by atoms with Crippen molar-refractivity contribution in [2.45, 2.75) is 103 Å². The zero-order chi connectivity index (χ0) is 32.7. The van der Waals surface area contributed by atoms with Crippen LogP contribution in [0.25, 0.3) is 11.0 Å². The van der Waals surface area contributed by atoms with Gasteiger partial charge in [-0.2, -0.15) is 0 Å². The first-order chi connectivity index (χ1) is 22.0. The number of Topliss-reactive ketones (excluding diaryl/α,β-unsaturated/α-hetero) is 1. The Bertz CT molecular complexity index is 1480. The standard InChI is InChI=1S/C35H47FN4O6/c1-19(41)29-24(17-36)28-18-40(29)33(42)31(35(2,3)4)39-34(43)46-30-21-12-11-20(15-21)23(30)9-7-6-8-10-26-32(45-28)38-27-16-22(44-5)13-14-25(27)37-26/h13-14,16,20-21,23-24,28-31H,6-12,15,17-18H2,1-5H3,(H,39,43)/t20-,21+,23-,24-,28+,29-,30-,31-/m1/s1. The molecule has 4 aliphatic rings. The third kappa shape index (κ3) is 6.26. The molecule has 2 aliphatic heterocycles. The number of carbonyl (C=O) groups is 3. The molecule has 6 rings (SSSR count). The van der Waals surface area contributed by atoms with E-state index in [1.807, 2.05) is 32.9 Å². The van der Waals surface area contributed by atoms with Gasteiger partial charge in [0.1, 0.15) is 29.7 Å². The van der Waals surface area contributed by atoms with Gasteiger partial charge in [0.05, 0.1) is 43.3 Å². The van der Waals surface area contributed by atoms with E-state index in [1.165, 1.54) is 11.8 Å². The minimum absolute atomic E-state index is 0.0350. The van der Waals surface area contributed by atoms with Crippen molar-refractivity contribution in [1.82, 2.24) is 20.2 Å². The molecule has 2 amide bonds. The van der Waals surface area contributed by atoms with Crippen LogP contribution in [0.4, 0.5) is 9.18 Å². The van der Waals surface area contributed by atoms with Crippen molar-refractivity contribution in [3.05, 3.63) is 23.9 Å². The first-order valence-electron chi connectivity index (χ1n) is 16.8. The van der Waals surface area contributed by atoms with Crippen molar-refractivity contribution in [3.8, 4) is 11.6 Å². The number of rotatable bonds is 3. The van der Waals surface area contributed by atoms with E-state index in [-0.39, 0.29) is 24.3 Å². The molecule has 0 spiro atoms. The lowest BCUT2D eigenvalue weighted by Gasteiger charge is -2.36. The van der Waals surface area contributed by atoms with Crippen LogP contribution in [0.3, 0.4) is 0 Å². The molecule has 2 saturated carbocycles. The predicted molar refractivity (Wildman–Crippen MR) is 169 cm³/mol. The normalized spacial score (nSPS) is 32.1. The summed E-state index contributed by atoms with van der Waals surface area (Å²) in [4.78, 5) is 51.9. The number of fused-ring (bicyclic) bond motifs is 9. The molecule has 1 N–H and O–H groups in total. The monoisotopic (exact) mass is 638 g/mol. The Hall–Kier alpha value is -3.50. The number of nitrogens with one attached hydrogen (secondary N) is 1. The van der Waals surface area contributed by atoms with Gasteiger partial charge >= 0.3 is 6.09 Å². The van der Waals surface area contributed by atoms with Gasteiger partial charge in [-0.05, 0) is 80.8 Å². The summed E-state index contributed by atoms with van der Waals surface area (Å²) in [6.07, 6.45) is 6.05. The van der Waals surface area contributed by atoms with Gasteiger partial charge in [-0.15, -0.1) is 0 Å². The molecule has 8 atom stereocenters. The molecule has 3 fully saturated rings. The zero-order valence-corrected chi connectivity index (χ0v) is 27.6. The number of alkyl halides is 1. The van der Waals surface area contributed by atoms with Gasteiger partial charge in [-0.25, -0.2) is 14.8 Å². The fraction of sp³-hybridized carbons (Fsp3) is 0.686. The van der Waals surface area contributed by atoms with E-state index >= 15 is 0 Å². The largest absolute Gasteiger partial charge is 0.497 e. The number of nitrogens with zero attached hydrogens (tertiary/aromatic N) is 3. The number of methoxy groups -OCH3 is 1. The second-order valence-corrected chi connectivity index (χ2v) is 14.8. The molecule has 2 aromatic rings. The molecule has 4 bridgehead atoms. The highest BCUT2D eigenvalue weighted by atomic mass is 19.1. The topological polar surface area (TPSA) is 120 Å². The van der Waals surface area contributed by atoms with Crippen LogP contribution in [-0.4, -0.2) is 77.3 Å². The van der Waals surface area contributed by atoms with Gasteiger partial charge in [0.2, 0.25) is 11.8 Å². The van der Waals surface area contributed by atoms with E-state index in [9.17, 15) is 18.8 Å². The summed E-state index contributed by atoms with van der Waals surface area (Å²) in [5, 5.41) is 2.87. The highest BCUT2D eigenvalue weighted by molar-refractivity contribution is 5.92. The van der Waals surface area contributed by atoms with Crippen LogP contribution in [0.1, 0.15) is 78.3 Å². The van der Waals surface area contributed by atoms with Crippen LogP contribution in [-0.2, 0) is 20.7 Å². The first-order valence-corrected chi connectivity index (χ1v) is 16.8. The summed E-state index contributed by atoms with van der Waals surface area (Å²) in [6.45, 7) is 6.02. The summed E-state index contributed by atoms with van der Waals surface area (Å²) in [5.74, 6) is 0.368. The zero-order valence-electron chi connectivity index (χ0n) is 27.6. The quantitative estimate of drug-likeness (QED) is 0.472. The highest BCUT2D eigenvalue weighted by Gasteiger charge is 2.52. The molecule has 1 saturated heterocycles. The van der Waals surface area contributed by atoms with Crippen LogP contribution in [0, 0.1) is 29.1 Å². The molecule has 10 nitrogen and oxygen atoms in total. The molecule has 1 aromatic carbocycles. The van der Waals surface area contributed by atoms with Crippen molar-refractivity contribution >= 4 is 28.8 Å². The van der Waals surface area contributed by atoms with Crippen molar-refractivity contribution in [2.75, 3.05) is 20.3 Å². The molecule has 0 radical (unpaired) electrons. The Morgan fingerprint density at radius 2 is 1.85 bits per heavy atom. The number of aromatic nitrogens is 2. The van der Waals surface area contributed by atoms with E-state index in [1.54, 1.807) is 13.2 Å². The van der Waals surface area contributed by atoms with Gasteiger partial charge < -0.3 is 24.4 Å². The van der Waals surface area contributed by atoms with E-state index in [0.717, 1.165) is 44.9 Å². The summed E-state index contributed by atoms with van der Waals surface area (Å²) in [7, 11) is 1.58. The Morgan fingerprint density at radius 3 is 2.57 bits per heavy atom. The smallest absolute Gasteiger partial charge is 0.408 e. The lowest BCUT2D eigenvalue weighted by atomic mass is 9.82. The minimum atomic E-state index is -1.06. The minimum Gasteiger partial charge on any atom is -0.497 e. The van der Waals surface area contributed by atoms with Crippen molar-refractivity contribution in [2.24, 2.45) is 29.1 Å². The second kappa shape index (κ2) is 13.0. The van der Waals surface area contributed by atoms with Gasteiger partial charge in [-0.3, -0.25) is 14.0 Å².